The van der Waals surface area contributed by atoms with Crippen LogP contribution in [0.25, 0.3) is 0 Å². The van der Waals surface area contributed by atoms with E-state index in [0.29, 0.717) is 13.0 Å². The van der Waals surface area contributed by atoms with Gasteiger partial charge in [-0.25, -0.2) is 0 Å². The molecule has 0 bridgehead atoms. The number of hydrogen-bond acceptors (Lipinski definition) is 2. The Kier molecular flexibility index (Phi) is 6.82. The number of aliphatic hydroxyl groups excluding tert-OH is 1. The van der Waals surface area contributed by atoms with Crippen LogP contribution in [0.15, 0.2) is 48.5 Å². The molecule has 2 rings (SSSR count). The van der Waals surface area contributed by atoms with E-state index in [1.807, 2.05) is 24.3 Å². The zero-order valence-electron chi connectivity index (χ0n) is 13.7. The third kappa shape index (κ3) is 5.87. The van der Waals surface area contributed by atoms with E-state index < -0.39 is 0 Å². The van der Waals surface area contributed by atoms with Crippen molar-refractivity contribution in [1.82, 2.24) is 5.32 Å². The SMILES string of the molecule is CCc1ccc(CCC(=O)NCCc2ccc(CO)cc2)cc1. The number of benzene rings is 2. The Labute approximate surface area is 138 Å². The largest absolute Gasteiger partial charge is 0.392 e. The quantitative estimate of drug-likeness (QED) is 0.787. The molecule has 0 aliphatic carbocycles. The molecule has 122 valence electrons. The van der Waals surface area contributed by atoms with E-state index in [1.165, 1.54) is 11.1 Å². The lowest BCUT2D eigenvalue weighted by Crippen LogP contribution is -2.25. The molecule has 0 saturated carbocycles. The Balaban J connectivity index is 1.67. The lowest BCUT2D eigenvalue weighted by atomic mass is 10.1. The van der Waals surface area contributed by atoms with Gasteiger partial charge in [-0.15, -0.1) is 0 Å². The van der Waals surface area contributed by atoms with Crippen LogP contribution in [0.2, 0.25) is 0 Å². The summed E-state index contributed by atoms with van der Waals surface area (Å²) in [6, 6.07) is 16.3. The molecule has 0 radical (unpaired) electrons. The van der Waals surface area contributed by atoms with Gasteiger partial charge >= 0.3 is 0 Å². The molecule has 0 unspecified atom stereocenters. The van der Waals surface area contributed by atoms with Crippen molar-refractivity contribution in [2.24, 2.45) is 0 Å². The van der Waals surface area contributed by atoms with Crippen LogP contribution in [0.4, 0.5) is 0 Å². The summed E-state index contributed by atoms with van der Waals surface area (Å²) in [4.78, 5) is 11.9. The Morgan fingerprint density at radius 3 is 1.96 bits per heavy atom. The second kappa shape index (κ2) is 9.11. The van der Waals surface area contributed by atoms with Crippen molar-refractivity contribution < 1.29 is 9.90 Å². The molecule has 2 aromatic rings. The highest BCUT2D eigenvalue weighted by molar-refractivity contribution is 5.76. The molecule has 0 atom stereocenters. The van der Waals surface area contributed by atoms with Crippen LogP contribution in [0, 0.1) is 0 Å². The van der Waals surface area contributed by atoms with Gasteiger partial charge in [0.2, 0.25) is 5.91 Å². The molecular formula is C20H25NO2. The van der Waals surface area contributed by atoms with Gasteiger partial charge in [-0.1, -0.05) is 55.5 Å². The highest BCUT2D eigenvalue weighted by Gasteiger charge is 2.02. The maximum absolute atomic E-state index is 11.9. The first kappa shape index (κ1) is 17.2. The van der Waals surface area contributed by atoms with E-state index in [9.17, 15) is 4.79 Å². The fourth-order valence-electron chi connectivity index (χ4n) is 2.45. The summed E-state index contributed by atoms with van der Waals surface area (Å²) < 4.78 is 0. The summed E-state index contributed by atoms with van der Waals surface area (Å²) in [5.74, 6) is 0.0940. The average molecular weight is 311 g/mol. The average Bonchev–Trinajstić information content (AvgIpc) is 2.61. The van der Waals surface area contributed by atoms with Crippen LogP contribution >= 0.6 is 0 Å². The Morgan fingerprint density at radius 1 is 0.870 bits per heavy atom. The molecule has 1 amide bonds. The Bertz CT molecular complexity index is 603. The van der Waals surface area contributed by atoms with Crippen molar-refractivity contribution in [3.63, 3.8) is 0 Å². The zero-order valence-corrected chi connectivity index (χ0v) is 13.7. The van der Waals surface area contributed by atoms with E-state index in [-0.39, 0.29) is 12.5 Å². The number of nitrogens with one attached hydrogen (secondary N) is 1. The zero-order chi connectivity index (χ0) is 16.5. The molecule has 23 heavy (non-hydrogen) atoms. The van der Waals surface area contributed by atoms with Gasteiger partial charge < -0.3 is 10.4 Å². The van der Waals surface area contributed by atoms with Gasteiger partial charge in [0, 0.05) is 13.0 Å². The third-order valence-electron chi connectivity index (χ3n) is 4.01. The predicted octanol–water partition coefficient (Wildman–Crippen LogP) is 3.03. The molecule has 0 aromatic heterocycles. The van der Waals surface area contributed by atoms with E-state index >= 15 is 0 Å². The first-order valence-corrected chi connectivity index (χ1v) is 8.24. The number of amides is 1. The van der Waals surface area contributed by atoms with Gasteiger partial charge in [-0.3, -0.25) is 4.79 Å². The number of hydrogen-bond donors (Lipinski definition) is 2. The fourth-order valence-corrected chi connectivity index (χ4v) is 2.45. The first-order valence-electron chi connectivity index (χ1n) is 8.24. The minimum atomic E-state index is 0.0657. The normalized spacial score (nSPS) is 10.5. The number of carbonyl (C=O) groups excluding carboxylic acids is 1. The van der Waals surface area contributed by atoms with Crippen LogP contribution in [-0.2, 0) is 30.7 Å². The molecule has 3 nitrogen and oxygen atoms in total. The summed E-state index contributed by atoms with van der Waals surface area (Å²) in [6.07, 6.45) is 3.15. The van der Waals surface area contributed by atoms with Gasteiger partial charge in [0.1, 0.15) is 0 Å². The second-order valence-corrected chi connectivity index (χ2v) is 5.74. The highest BCUT2D eigenvalue weighted by atomic mass is 16.3. The summed E-state index contributed by atoms with van der Waals surface area (Å²) in [6.45, 7) is 2.85. The molecule has 0 fully saturated rings. The highest BCUT2D eigenvalue weighted by Crippen LogP contribution is 2.07. The first-order chi connectivity index (χ1) is 11.2. The maximum Gasteiger partial charge on any atom is 0.220 e. The van der Waals surface area contributed by atoms with Crippen molar-refractivity contribution in [1.29, 1.82) is 0 Å². The number of aryl methyl sites for hydroxylation is 2. The molecule has 2 aromatic carbocycles. The molecule has 0 spiro atoms. The summed E-state index contributed by atoms with van der Waals surface area (Å²) in [7, 11) is 0. The minimum absolute atomic E-state index is 0.0657. The Hall–Kier alpha value is -2.13. The Morgan fingerprint density at radius 2 is 1.39 bits per heavy atom. The van der Waals surface area contributed by atoms with Crippen molar-refractivity contribution in [2.45, 2.75) is 39.2 Å². The molecule has 0 heterocycles. The second-order valence-electron chi connectivity index (χ2n) is 5.74. The van der Waals surface area contributed by atoms with Gasteiger partial charge in [-0.2, -0.15) is 0 Å². The van der Waals surface area contributed by atoms with E-state index in [4.69, 9.17) is 5.11 Å². The van der Waals surface area contributed by atoms with Gasteiger partial charge in [0.05, 0.1) is 6.61 Å². The maximum atomic E-state index is 11.9. The summed E-state index contributed by atoms with van der Waals surface area (Å²) in [5.41, 5.74) is 4.60. The molecule has 0 aliphatic rings. The van der Waals surface area contributed by atoms with E-state index in [2.05, 4.69) is 36.5 Å². The van der Waals surface area contributed by atoms with Crippen LogP contribution in [-0.4, -0.2) is 17.6 Å². The van der Waals surface area contributed by atoms with Crippen LogP contribution in [0.5, 0.6) is 0 Å². The predicted molar refractivity (Wildman–Crippen MR) is 93.2 cm³/mol. The van der Waals surface area contributed by atoms with E-state index in [1.54, 1.807) is 0 Å². The fraction of sp³-hybridized carbons (Fsp3) is 0.350. The summed E-state index contributed by atoms with van der Waals surface area (Å²) >= 11 is 0. The van der Waals surface area contributed by atoms with Crippen molar-refractivity contribution in [3.05, 3.63) is 70.8 Å². The van der Waals surface area contributed by atoms with Gasteiger partial charge in [0.15, 0.2) is 0 Å². The van der Waals surface area contributed by atoms with Crippen LogP contribution in [0.1, 0.15) is 35.6 Å². The molecule has 3 heteroatoms. The molecule has 0 aliphatic heterocycles. The minimum Gasteiger partial charge on any atom is -0.392 e. The molecule has 2 N–H and O–H groups in total. The van der Waals surface area contributed by atoms with Gasteiger partial charge in [-0.05, 0) is 41.5 Å². The monoisotopic (exact) mass is 311 g/mol. The smallest absolute Gasteiger partial charge is 0.220 e. The number of carbonyl (C=O) groups is 1. The van der Waals surface area contributed by atoms with Crippen LogP contribution in [0.3, 0.4) is 0 Å². The number of rotatable bonds is 8. The third-order valence-corrected chi connectivity index (χ3v) is 4.01. The van der Waals surface area contributed by atoms with Gasteiger partial charge in [0.25, 0.3) is 0 Å². The van der Waals surface area contributed by atoms with E-state index in [0.717, 1.165) is 30.4 Å². The lowest BCUT2D eigenvalue weighted by molar-refractivity contribution is -0.121. The summed E-state index contributed by atoms with van der Waals surface area (Å²) in [5, 5.41) is 12.0. The topological polar surface area (TPSA) is 49.3 Å². The number of aliphatic hydroxyl groups is 1. The van der Waals surface area contributed by atoms with Crippen molar-refractivity contribution in [2.75, 3.05) is 6.54 Å². The van der Waals surface area contributed by atoms with Crippen molar-refractivity contribution in [3.8, 4) is 0 Å². The van der Waals surface area contributed by atoms with Crippen LogP contribution < -0.4 is 5.32 Å². The standard InChI is InChI=1S/C20H25NO2/c1-2-16-3-5-17(6-4-16)11-12-20(23)21-14-13-18-7-9-19(15-22)10-8-18/h3-10,22H,2,11-15H2,1H3,(H,21,23). The van der Waals surface area contributed by atoms with Crippen molar-refractivity contribution >= 4 is 5.91 Å². The molecular weight excluding hydrogens is 286 g/mol. The molecule has 0 saturated heterocycles. The lowest BCUT2D eigenvalue weighted by Gasteiger charge is -2.07.